The molecule has 20 rings (SSSR count). The number of ether oxygens (including phenoxy) is 1. The molecule has 18 nitrogen and oxygen atoms in total. The number of nitrogens with zero attached hydrogens (tertiary/aromatic N) is 8. The van der Waals surface area contributed by atoms with Gasteiger partial charge < -0.3 is 30.1 Å². The van der Waals surface area contributed by atoms with Crippen LogP contribution in [0.5, 0.6) is 5.88 Å². The Balaban J connectivity index is 0.000000132. The van der Waals surface area contributed by atoms with E-state index in [0.717, 1.165) is 116 Å². The summed E-state index contributed by atoms with van der Waals surface area (Å²) in [6.45, 7) is 7.46. The molecule has 12 aliphatic rings. The van der Waals surface area contributed by atoms with Crippen molar-refractivity contribution >= 4 is 86.9 Å². The number of Topliss-reactive ketones (excluding diaryl/α,β-unsaturated/α-hetero) is 4. The van der Waals surface area contributed by atoms with Crippen LogP contribution in [-0.4, -0.2) is 102 Å². The summed E-state index contributed by atoms with van der Waals surface area (Å²) in [7, 11) is 8.83. The SMILES string of the molecule is CCC(=O)N(C)c1ccc(C23CC(C(=O)CCc4cccnc4Cl)(C2)C3)cc1.CCC(=O)N(C)c1ccc(C23CC(C(=O)CCc4cccnc4F)(C2)C3)cc1.CCC(=O)N(C)c1ccc(C23CC(C(=O)CCc4cccnc4N)(C2)C3)cc1.CCC(=O)N(C)c1ccc(C23CC(C(=O)CCc4cccnc4OC)(C2)C3)cc1. The fourth-order valence-electron chi connectivity index (χ4n) is 20.0. The van der Waals surface area contributed by atoms with E-state index in [1.165, 1.54) is 28.5 Å². The van der Waals surface area contributed by atoms with Crippen molar-refractivity contribution in [3.8, 4) is 5.88 Å². The molecule has 0 spiro atoms. The zero-order chi connectivity index (χ0) is 80.5. The molecular weight excluding hydrogens is 1440 g/mol. The van der Waals surface area contributed by atoms with Crippen molar-refractivity contribution in [2.45, 2.75) is 203 Å². The number of nitrogens with two attached hydrogens (primary N) is 1. The maximum atomic E-state index is 13.6. The van der Waals surface area contributed by atoms with Gasteiger partial charge in [-0.2, -0.15) is 4.39 Å². The summed E-state index contributed by atoms with van der Waals surface area (Å²) in [6.07, 6.45) is 24.0. The Hall–Kier alpha value is -10.1. The van der Waals surface area contributed by atoms with Crippen molar-refractivity contribution in [1.29, 1.82) is 0 Å². The monoisotopic (exact) mass is 1550 g/mol. The van der Waals surface area contributed by atoms with E-state index in [1.807, 2.05) is 134 Å². The summed E-state index contributed by atoms with van der Waals surface area (Å²) in [5.74, 6) is 2.42. The van der Waals surface area contributed by atoms with Crippen molar-refractivity contribution in [3.63, 3.8) is 0 Å². The van der Waals surface area contributed by atoms with E-state index in [9.17, 15) is 42.7 Å². The molecule has 20 heteroatoms. The lowest BCUT2D eigenvalue weighted by Crippen LogP contribution is -2.67. The maximum absolute atomic E-state index is 13.6. The molecule has 8 bridgehead atoms. The van der Waals surface area contributed by atoms with Gasteiger partial charge in [-0.15, -0.1) is 0 Å². The van der Waals surface area contributed by atoms with Crippen LogP contribution in [0.4, 0.5) is 33.0 Å². The zero-order valence-corrected chi connectivity index (χ0v) is 67.5. The van der Waals surface area contributed by atoms with Crippen LogP contribution < -0.4 is 30.1 Å². The number of pyridine rings is 4. The molecule has 0 aliphatic heterocycles. The molecule has 12 aliphatic carbocycles. The largest absolute Gasteiger partial charge is 0.481 e. The topological polar surface area (TPSA) is 236 Å². The van der Waals surface area contributed by atoms with Crippen LogP contribution in [0.3, 0.4) is 0 Å². The molecule has 2 N–H and O–H groups in total. The van der Waals surface area contributed by atoms with Gasteiger partial charge in [0, 0.05) is 160 Å². The number of amides is 4. The van der Waals surface area contributed by atoms with Crippen molar-refractivity contribution in [2.75, 3.05) is 60.6 Å². The molecule has 4 aromatic carbocycles. The third kappa shape index (κ3) is 15.5. The van der Waals surface area contributed by atoms with E-state index in [2.05, 4.69) is 68.5 Å². The summed E-state index contributed by atoms with van der Waals surface area (Å²) in [6, 6.07) is 47.9. The summed E-state index contributed by atoms with van der Waals surface area (Å²) in [4.78, 5) is 121. The number of carbonyl (C=O) groups is 8. The van der Waals surface area contributed by atoms with Crippen LogP contribution in [0.1, 0.15) is 201 Å². The number of anilines is 5. The highest BCUT2D eigenvalue weighted by atomic mass is 35.5. The van der Waals surface area contributed by atoms with Gasteiger partial charge in [0.05, 0.1) is 7.11 Å². The lowest BCUT2D eigenvalue weighted by molar-refractivity contribution is -0.173. The summed E-state index contributed by atoms with van der Waals surface area (Å²) >= 11 is 6.10. The number of aryl methyl sites for hydroxylation is 4. The highest BCUT2D eigenvalue weighted by molar-refractivity contribution is 6.30. The second kappa shape index (κ2) is 32.4. The fourth-order valence-corrected chi connectivity index (χ4v) is 20.2. The summed E-state index contributed by atoms with van der Waals surface area (Å²) in [5, 5.41) is 0.496. The molecule has 12 saturated carbocycles. The zero-order valence-electron chi connectivity index (χ0n) is 66.7. The quantitative estimate of drug-likeness (QED) is 0.0429. The van der Waals surface area contributed by atoms with Crippen molar-refractivity contribution in [3.05, 3.63) is 226 Å². The minimum atomic E-state index is -0.476. The minimum Gasteiger partial charge on any atom is -0.481 e. The molecule has 590 valence electrons. The molecule has 8 aromatic rings. The summed E-state index contributed by atoms with van der Waals surface area (Å²) < 4.78 is 18.9. The predicted octanol–water partition coefficient (Wildman–Crippen LogP) is 16.7. The molecule has 4 amide bonds. The van der Waals surface area contributed by atoms with E-state index in [4.69, 9.17) is 22.1 Å². The number of hydrogen-bond acceptors (Lipinski definition) is 14. The van der Waals surface area contributed by atoms with Crippen LogP contribution in [0.15, 0.2) is 170 Å². The smallest absolute Gasteiger partial charge is 0.226 e. The Kier molecular flexibility index (Phi) is 23.2. The molecular formula is C93H105ClFN9O9. The lowest BCUT2D eigenvalue weighted by atomic mass is 9.32. The highest BCUT2D eigenvalue weighted by Gasteiger charge is 2.74. The molecule has 0 atom stereocenters. The van der Waals surface area contributed by atoms with Gasteiger partial charge in [-0.05, 0) is 231 Å². The average molecular weight is 1550 g/mol. The van der Waals surface area contributed by atoms with Gasteiger partial charge in [0.25, 0.3) is 0 Å². The average Bonchev–Trinajstić information content (AvgIpc) is 0.687. The van der Waals surface area contributed by atoms with Gasteiger partial charge in [-0.1, -0.05) is 112 Å². The van der Waals surface area contributed by atoms with Crippen molar-refractivity contribution in [2.24, 2.45) is 21.7 Å². The highest BCUT2D eigenvalue weighted by Crippen LogP contribution is 2.77. The number of methoxy groups -OCH3 is 1. The van der Waals surface area contributed by atoms with Gasteiger partial charge in [0.15, 0.2) is 0 Å². The Labute approximate surface area is 668 Å². The number of carbonyl (C=O) groups excluding carboxylic acids is 8. The number of rotatable bonds is 29. The van der Waals surface area contributed by atoms with Crippen LogP contribution >= 0.6 is 11.6 Å². The van der Waals surface area contributed by atoms with Crippen molar-refractivity contribution in [1.82, 2.24) is 19.9 Å². The van der Waals surface area contributed by atoms with E-state index in [0.29, 0.717) is 117 Å². The second-order valence-corrected chi connectivity index (χ2v) is 34.0. The Bertz CT molecular complexity index is 4490. The first-order chi connectivity index (χ1) is 54.1. The minimum absolute atomic E-state index is 0.0906. The van der Waals surface area contributed by atoms with Crippen LogP contribution in [0.25, 0.3) is 0 Å². The second-order valence-electron chi connectivity index (χ2n) is 33.6. The van der Waals surface area contributed by atoms with E-state index >= 15 is 0 Å². The molecule has 0 unspecified atom stereocenters. The Morgan fingerprint density at radius 2 is 0.628 bits per heavy atom. The standard InChI is InChI=1S/C24H28N2O3.C23H25ClN2O2.C23H25FN2O2.C23H27N3O2/c1-4-21(28)26(2)19-10-8-18(9-11-19)23-14-24(15-23,16-23)20(27)12-7-17-6-5-13-25-22(17)29-3;3*1-3-20(28)26(2)18-9-7-17(8-10-18)22-13-23(14-22,15-22)19(27)11-6-16-5-4-12-25-21(16)24/h5-6,8-11,13H,4,7,12,14-16H2,1-3H3;2*4-5,7-10,12H,3,6,11,13-15H2,1-2H3;4-5,7-10,12H,3,6,11,13-15H2,1-2H3,(H2,24,25). The number of benzene rings is 4. The van der Waals surface area contributed by atoms with E-state index < -0.39 is 5.95 Å². The van der Waals surface area contributed by atoms with Crippen LogP contribution in [0, 0.1) is 27.6 Å². The number of aromatic nitrogens is 4. The van der Waals surface area contributed by atoms with Gasteiger partial charge >= 0.3 is 0 Å². The molecule has 12 fully saturated rings. The molecule has 4 heterocycles. The molecule has 113 heavy (non-hydrogen) atoms. The van der Waals surface area contributed by atoms with E-state index in [1.54, 1.807) is 64.5 Å². The molecule has 4 aromatic heterocycles. The molecule has 0 saturated heterocycles. The molecule has 0 radical (unpaired) electrons. The fraction of sp³-hybridized carbons (Fsp3) is 0.441. The number of nitrogen functional groups attached to an aromatic ring is 1. The summed E-state index contributed by atoms with van der Waals surface area (Å²) in [5.41, 5.74) is 18.1. The maximum Gasteiger partial charge on any atom is 0.226 e. The number of ketones is 4. The van der Waals surface area contributed by atoms with Crippen LogP contribution in [0.2, 0.25) is 5.15 Å². The lowest BCUT2D eigenvalue weighted by Gasteiger charge is -2.70. The van der Waals surface area contributed by atoms with Crippen LogP contribution in [-0.2, 0) is 85.7 Å². The first-order valence-corrected chi connectivity index (χ1v) is 40.5. The van der Waals surface area contributed by atoms with Gasteiger partial charge in [-0.3, -0.25) is 38.4 Å². The van der Waals surface area contributed by atoms with Gasteiger partial charge in [0.2, 0.25) is 35.5 Å². The number of halogens is 2. The third-order valence-electron chi connectivity index (χ3n) is 26.8. The van der Waals surface area contributed by atoms with E-state index in [-0.39, 0.29) is 72.7 Å². The normalized spacial score (nSPS) is 24.7. The first-order valence-electron chi connectivity index (χ1n) is 40.1. The number of hydrogen-bond donors (Lipinski definition) is 1. The first kappa shape index (κ1) is 80.9. The van der Waals surface area contributed by atoms with Crippen molar-refractivity contribution < 1.29 is 47.5 Å². The Morgan fingerprint density at radius 1 is 0.372 bits per heavy atom. The Morgan fingerprint density at radius 3 is 0.920 bits per heavy atom. The third-order valence-corrected chi connectivity index (χ3v) is 27.1. The predicted molar refractivity (Wildman–Crippen MR) is 439 cm³/mol. The van der Waals surface area contributed by atoms with Gasteiger partial charge in [-0.25, -0.2) is 19.9 Å². The van der Waals surface area contributed by atoms with Gasteiger partial charge in [0.1, 0.15) is 34.1 Å².